The van der Waals surface area contributed by atoms with Crippen LogP contribution in [-0.4, -0.2) is 76.0 Å². The first-order valence-electron chi connectivity index (χ1n) is 12.1. The number of carbonyl (C=O) groups is 3. The summed E-state index contributed by atoms with van der Waals surface area (Å²) in [5, 5.41) is 13.1. The van der Waals surface area contributed by atoms with Crippen LogP contribution < -0.4 is 10.8 Å². The van der Waals surface area contributed by atoms with Crippen LogP contribution in [0.4, 0.5) is 0 Å². The minimum atomic E-state index is -0.995. The van der Waals surface area contributed by atoms with Crippen molar-refractivity contribution >= 4 is 28.6 Å². The third kappa shape index (κ3) is 5.42. The average Bonchev–Trinajstić information content (AvgIpc) is 3.49. The highest BCUT2D eigenvalue weighted by Crippen LogP contribution is 2.23. The van der Waals surface area contributed by atoms with Gasteiger partial charge in [0.15, 0.2) is 0 Å². The highest BCUT2D eigenvalue weighted by Gasteiger charge is 2.39. The molecule has 2 heterocycles. The van der Waals surface area contributed by atoms with Gasteiger partial charge >= 0.3 is 0 Å². The summed E-state index contributed by atoms with van der Waals surface area (Å²) in [5.74, 6) is -1.29. The number of aromatic nitrogens is 1. The summed E-state index contributed by atoms with van der Waals surface area (Å²) in [7, 11) is 1.67. The Morgan fingerprint density at radius 1 is 1.24 bits per heavy atom. The molecule has 1 aliphatic heterocycles. The number of amides is 3. The van der Waals surface area contributed by atoms with Gasteiger partial charge in [-0.05, 0) is 43.5 Å². The Labute approximate surface area is 200 Å². The zero-order valence-corrected chi connectivity index (χ0v) is 20.5. The van der Waals surface area contributed by atoms with Gasteiger partial charge in [0, 0.05) is 30.6 Å². The average molecular weight is 472 g/mol. The van der Waals surface area contributed by atoms with Gasteiger partial charge in [-0.2, -0.15) is 0 Å². The van der Waals surface area contributed by atoms with Crippen molar-refractivity contribution in [1.29, 1.82) is 0 Å². The Hall–Kier alpha value is -2.91. The van der Waals surface area contributed by atoms with Gasteiger partial charge in [-0.25, -0.2) is 5.48 Å². The van der Waals surface area contributed by atoms with Gasteiger partial charge in [-0.15, -0.1) is 0 Å². The van der Waals surface area contributed by atoms with Crippen LogP contribution in [-0.2, 0) is 20.8 Å². The van der Waals surface area contributed by atoms with Crippen LogP contribution in [0.2, 0.25) is 0 Å². The molecule has 186 valence electrons. The molecule has 3 amide bonds. The second kappa shape index (κ2) is 11.5. The van der Waals surface area contributed by atoms with E-state index in [9.17, 15) is 19.6 Å². The molecular weight excluding hydrogens is 434 g/mol. The first-order valence-corrected chi connectivity index (χ1v) is 12.1. The second-order valence-electron chi connectivity index (χ2n) is 9.17. The van der Waals surface area contributed by atoms with Crippen LogP contribution >= 0.6 is 0 Å². The topological polar surface area (TPSA) is 118 Å². The molecule has 0 aliphatic carbocycles. The molecule has 2 aromatic rings. The fraction of sp³-hybridized carbons (Fsp3) is 0.560. The molecular formula is C25H37N5O4. The standard InChI is InChI=1S/C25H37N5O4/c1-5-16(3)22(29(4)25(33)21-12-9-13-30(21)6-2)24(32)27-20(23(31)28-34)14-17-15-26-19-11-8-7-10-18(17)19/h7-8,10-11,15-16,20-22,26,34H,5-6,9,12-14H2,1-4H3,(H,27,32)(H,28,31)/t16?,20-,21-,22-/m0/s1. The minimum absolute atomic E-state index is 0.0698. The Balaban J connectivity index is 1.81. The molecule has 3 rings (SSSR count). The number of nitrogens with zero attached hydrogens (tertiary/aromatic N) is 2. The zero-order chi connectivity index (χ0) is 24.8. The summed E-state index contributed by atoms with van der Waals surface area (Å²) in [6, 6.07) is 5.74. The molecule has 9 nitrogen and oxygen atoms in total. The van der Waals surface area contributed by atoms with Crippen molar-refractivity contribution in [3.8, 4) is 0 Å². The van der Waals surface area contributed by atoms with Crippen molar-refractivity contribution in [2.24, 2.45) is 5.92 Å². The molecule has 1 unspecified atom stereocenters. The van der Waals surface area contributed by atoms with Crippen molar-refractivity contribution in [2.45, 2.75) is 64.6 Å². The van der Waals surface area contributed by atoms with E-state index in [0.717, 1.165) is 42.4 Å². The van der Waals surface area contributed by atoms with Crippen molar-refractivity contribution in [1.82, 2.24) is 25.6 Å². The van der Waals surface area contributed by atoms with Crippen LogP contribution in [0.15, 0.2) is 30.5 Å². The lowest BCUT2D eigenvalue weighted by Crippen LogP contribution is -2.58. The Morgan fingerprint density at radius 3 is 2.65 bits per heavy atom. The smallest absolute Gasteiger partial charge is 0.266 e. The molecule has 9 heteroatoms. The predicted molar refractivity (Wildman–Crippen MR) is 130 cm³/mol. The molecule has 1 aliphatic rings. The van der Waals surface area contributed by atoms with Gasteiger partial charge in [0.1, 0.15) is 12.1 Å². The SMILES string of the molecule is CCC(C)[C@@H](C(=O)N[C@@H](Cc1c[nH]c2ccccc12)C(=O)NO)N(C)C(=O)[C@@H]1CCCN1CC. The lowest BCUT2D eigenvalue weighted by molar-refractivity contribution is -0.145. The number of fused-ring (bicyclic) bond motifs is 1. The fourth-order valence-electron chi connectivity index (χ4n) is 4.96. The van der Waals surface area contributed by atoms with Gasteiger partial charge in [0.25, 0.3) is 5.91 Å². The van der Waals surface area contributed by atoms with Crippen LogP contribution in [0, 0.1) is 5.92 Å². The number of hydroxylamine groups is 1. The number of hydrogen-bond acceptors (Lipinski definition) is 5. The number of nitrogens with one attached hydrogen (secondary N) is 3. The van der Waals surface area contributed by atoms with Gasteiger partial charge in [-0.3, -0.25) is 24.5 Å². The Bertz CT molecular complexity index is 1010. The molecule has 1 aromatic carbocycles. The van der Waals surface area contributed by atoms with Gasteiger partial charge in [0.2, 0.25) is 11.8 Å². The molecule has 0 saturated carbocycles. The molecule has 1 fully saturated rings. The number of hydrogen-bond donors (Lipinski definition) is 4. The van der Waals surface area contributed by atoms with E-state index in [-0.39, 0.29) is 24.3 Å². The minimum Gasteiger partial charge on any atom is -0.361 e. The molecule has 0 spiro atoms. The van der Waals surface area contributed by atoms with Crippen LogP contribution in [0.5, 0.6) is 0 Å². The van der Waals surface area contributed by atoms with E-state index in [4.69, 9.17) is 0 Å². The third-order valence-electron chi connectivity index (χ3n) is 7.11. The van der Waals surface area contributed by atoms with Gasteiger partial charge in [-0.1, -0.05) is 45.4 Å². The van der Waals surface area contributed by atoms with E-state index in [1.807, 2.05) is 45.0 Å². The predicted octanol–water partition coefficient (Wildman–Crippen LogP) is 2.06. The second-order valence-corrected chi connectivity index (χ2v) is 9.17. The summed E-state index contributed by atoms with van der Waals surface area (Å²) < 4.78 is 0. The fourth-order valence-corrected chi connectivity index (χ4v) is 4.96. The summed E-state index contributed by atoms with van der Waals surface area (Å²) in [5.41, 5.74) is 3.44. The maximum Gasteiger partial charge on any atom is 0.266 e. The van der Waals surface area contributed by atoms with E-state index >= 15 is 0 Å². The normalized spacial score (nSPS) is 18.9. The molecule has 4 N–H and O–H groups in total. The number of likely N-dealkylation sites (N-methyl/N-ethyl adjacent to an activating group) is 2. The number of para-hydroxylation sites is 1. The van der Waals surface area contributed by atoms with Crippen LogP contribution in [0.25, 0.3) is 10.9 Å². The number of rotatable bonds is 10. The van der Waals surface area contributed by atoms with Crippen molar-refractivity contribution in [3.05, 3.63) is 36.0 Å². The highest BCUT2D eigenvalue weighted by atomic mass is 16.5. The number of benzene rings is 1. The van der Waals surface area contributed by atoms with Crippen LogP contribution in [0.1, 0.15) is 45.6 Å². The summed E-state index contributed by atoms with van der Waals surface area (Å²) in [4.78, 5) is 46.2. The lowest BCUT2D eigenvalue weighted by Gasteiger charge is -2.35. The largest absolute Gasteiger partial charge is 0.361 e. The van der Waals surface area contributed by atoms with Crippen LogP contribution in [0.3, 0.4) is 0 Å². The quantitative estimate of drug-likeness (QED) is 0.313. The molecule has 4 atom stereocenters. The molecule has 0 bridgehead atoms. The van der Waals surface area contributed by atoms with Crippen molar-refractivity contribution in [2.75, 3.05) is 20.1 Å². The van der Waals surface area contributed by atoms with E-state index in [2.05, 4.69) is 15.2 Å². The van der Waals surface area contributed by atoms with Gasteiger partial charge < -0.3 is 15.2 Å². The Kier molecular flexibility index (Phi) is 8.68. The molecule has 1 saturated heterocycles. The Morgan fingerprint density at radius 2 is 1.97 bits per heavy atom. The lowest BCUT2D eigenvalue weighted by atomic mass is 9.95. The van der Waals surface area contributed by atoms with Crippen molar-refractivity contribution < 1.29 is 19.6 Å². The first-order chi connectivity index (χ1) is 16.3. The number of likely N-dealkylation sites (tertiary alicyclic amines) is 1. The number of H-pyrrole nitrogens is 1. The summed E-state index contributed by atoms with van der Waals surface area (Å²) in [6.45, 7) is 7.60. The third-order valence-corrected chi connectivity index (χ3v) is 7.11. The number of aromatic amines is 1. The van der Waals surface area contributed by atoms with E-state index in [1.165, 1.54) is 0 Å². The first kappa shape index (κ1) is 25.7. The molecule has 34 heavy (non-hydrogen) atoms. The van der Waals surface area contributed by atoms with Crippen molar-refractivity contribution in [3.63, 3.8) is 0 Å². The zero-order valence-electron chi connectivity index (χ0n) is 20.5. The maximum atomic E-state index is 13.5. The summed E-state index contributed by atoms with van der Waals surface area (Å²) >= 11 is 0. The number of carbonyl (C=O) groups excluding carboxylic acids is 3. The summed E-state index contributed by atoms with van der Waals surface area (Å²) in [6.07, 6.45) is 4.43. The molecule has 1 aromatic heterocycles. The monoisotopic (exact) mass is 471 g/mol. The van der Waals surface area contributed by atoms with E-state index in [1.54, 1.807) is 23.6 Å². The van der Waals surface area contributed by atoms with E-state index < -0.39 is 23.9 Å². The maximum absolute atomic E-state index is 13.5. The highest BCUT2D eigenvalue weighted by molar-refractivity contribution is 5.93. The molecule has 0 radical (unpaired) electrons. The van der Waals surface area contributed by atoms with E-state index in [0.29, 0.717) is 6.42 Å². The van der Waals surface area contributed by atoms with Gasteiger partial charge in [0.05, 0.1) is 6.04 Å².